The minimum atomic E-state index is -0.374. The number of anilines is 1. The van der Waals surface area contributed by atoms with Gasteiger partial charge in [-0.05, 0) is 30.3 Å². The lowest BCUT2D eigenvalue weighted by Gasteiger charge is -2.13. The maximum absolute atomic E-state index is 12.3. The molecule has 0 fully saturated rings. The zero-order chi connectivity index (χ0) is 22.2. The lowest BCUT2D eigenvalue weighted by Crippen LogP contribution is -2.24. The molecule has 0 unspecified atom stereocenters. The summed E-state index contributed by atoms with van der Waals surface area (Å²) in [6.07, 6.45) is 0. The predicted molar refractivity (Wildman–Crippen MR) is 121 cm³/mol. The van der Waals surface area contributed by atoms with Gasteiger partial charge in [-0.15, -0.1) is 10.2 Å². The summed E-state index contributed by atoms with van der Waals surface area (Å²) in [5.41, 5.74) is 1.41. The number of thioether (sulfide) groups is 1. The van der Waals surface area contributed by atoms with Crippen LogP contribution in [-0.2, 0) is 11.3 Å². The molecule has 0 bridgehead atoms. The normalized spacial score (nSPS) is 10.4. The molecule has 0 saturated heterocycles. The highest BCUT2D eigenvalue weighted by Crippen LogP contribution is 2.30. The number of amides is 2. The molecular formula is C20H19ClN4O4S2. The number of aromatic nitrogens is 2. The second-order valence-electron chi connectivity index (χ2n) is 6.05. The third-order valence-electron chi connectivity index (χ3n) is 3.99. The van der Waals surface area contributed by atoms with Gasteiger partial charge >= 0.3 is 0 Å². The van der Waals surface area contributed by atoms with Crippen LogP contribution in [0.25, 0.3) is 0 Å². The third kappa shape index (κ3) is 6.33. The van der Waals surface area contributed by atoms with Crippen LogP contribution in [0.2, 0.25) is 5.02 Å². The highest BCUT2D eigenvalue weighted by molar-refractivity contribution is 8.01. The monoisotopic (exact) mass is 478 g/mol. The van der Waals surface area contributed by atoms with Gasteiger partial charge in [0.05, 0.1) is 20.0 Å². The Bertz CT molecular complexity index is 1060. The van der Waals surface area contributed by atoms with E-state index in [1.165, 1.54) is 11.8 Å². The van der Waals surface area contributed by atoms with Crippen molar-refractivity contribution in [1.29, 1.82) is 0 Å². The van der Waals surface area contributed by atoms with Crippen LogP contribution >= 0.6 is 34.7 Å². The van der Waals surface area contributed by atoms with Crippen LogP contribution in [-0.4, -0.2) is 42.0 Å². The van der Waals surface area contributed by atoms with E-state index in [0.29, 0.717) is 33.1 Å². The Balaban J connectivity index is 1.49. The number of carbonyl (C=O) groups excluding carboxylic acids is 2. The van der Waals surface area contributed by atoms with E-state index >= 15 is 0 Å². The van der Waals surface area contributed by atoms with Gasteiger partial charge in [-0.1, -0.05) is 46.8 Å². The Morgan fingerprint density at radius 1 is 1.10 bits per heavy atom. The van der Waals surface area contributed by atoms with E-state index in [0.717, 1.165) is 16.9 Å². The van der Waals surface area contributed by atoms with Crippen molar-refractivity contribution >= 4 is 52.2 Å². The molecule has 1 aromatic heterocycles. The number of halogens is 1. The number of nitrogens with zero attached hydrogens (tertiary/aromatic N) is 2. The van der Waals surface area contributed by atoms with E-state index in [1.807, 2.05) is 12.1 Å². The number of carbonyl (C=O) groups is 2. The van der Waals surface area contributed by atoms with Crippen molar-refractivity contribution in [2.75, 3.05) is 25.3 Å². The number of para-hydroxylation sites is 1. The summed E-state index contributed by atoms with van der Waals surface area (Å²) in [5, 5.41) is 14.2. The molecule has 0 radical (unpaired) electrons. The van der Waals surface area contributed by atoms with Crippen LogP contribution in [0, 0.1) is 0 Å². The fourth-order valence-corrected chi connectivity index (χ4v) is 4.25. The number of hydrogen-bond donors (Lipinski definition) is 2. The first-order valence-electron chi connectivity index (χ1n) is 9.00. The molecule has 2 amide bonds. The van der Waals surface area contributed by atoms with E-state index in [-0.39, 0.29) is 22.6 Å². The predicted octanol–water partition coefficient (Wildman–Crippen LogP) is 3.87. The van der Waals surface area contributed by atoms with E-state index in [1.54, 1.807) is 44.6 Å². The van der Waals surface area contributed by atoms with Gasteiger partial charge in [0.15, 0.2) is 15.8 Å². The van der Waals surface area contributed by atoms with E-state index in [4.69, 9.17) is 21.1 Å². The van der Waals surface area contributed by atoms with Crippen LogP contribution in [0.4, 0.5) is 5.69 Å². The van der Waals surface area contributed by atoms with Gasteiger partial charge in [0.25, 0.3) is 5.91 Å². The van der Waals surface area contributed by atoms with Crippen molar-refractivity contribution in [2.24, 2.45) is 0 Å². The van der Waals surface area contributed by atoms with Crippen LogP contribution in [0.15, 0.2) is 46.8 Å². The molecule has 0 atom stereocenters. The Morgan fingerprint density at radius 3 is 2.58 bits per heavy atom. The smallest absolute Gasteiger partial charge is 0.286 e. The van der Waals surface area contributed by atoms with Crippen molar-refractivity contribution in [1.82, 2.24) is 15.5 Å². The molecule has 1 heterocycles. The standard InChI is InChI=1S/C20H19ClN4O4S2/c1-28-15-5-3-4-12(17(15)29-2)10-22-16(26)11-30-20-25-24-19(31-20)18(27)23-14-8-6-13(21)7-9-14/h3-9H,10-11H2,1-2H3,(H,22,26)(H,23,27). The molecule has 3 aromatic rings. The Labute approximate surface area is 192 Å². The topological polar surface area (TPSA) is 102 Å². The largest absolute Gasteiger partial charge is 0.493 e. The summed E-state index contributed by atoms with van der Waals surface area (Å²) in [6, 6.07) is 12.2. The van der Waals surface area contributed by atoms with Crippen molar-refractivity contribution < 1.29 is 19.1 Å². The molecular weight excluding hydrogens is 460 g/mol. The number of ether oxygens (including phenoxy) is 2. The van der Waals surface area contributed by atoms with E-state index < -0.39 is 0 Å². The second-order valence-corrected chi connectivity index (χ2v) is 8.69. The number of methoxy groups -OCH3 is 2. The number of nitrogens with one attached hydrogen (secondary N) is 2. The van der Waals surface area contributed by atoms with Crippen LogP contribution in [0.1, 0.15) is 15.4 Å². The molecule has 162 valence electrons. The maximum Gasteiger partial charge on any atom is 0.286 e. The van der Waals surface area contributed by atoms with Crippen molar-refractivity contribution in [3.63, 3.8) is 0 Å². The average molecular weight is 479 g/mol. The molecule has 8 nitrogen and oxygen atoms in total. The summed E-state index contributed by atoms with van der Waals surface area (Å²) in [5.74, 6) is 0.762. The maximum atomic E-state index is 12.3. The molecule has 11 heteroatoms. The van der Waals surface area contributed by atoms with Crippen molar-refractivity contribution in [2.45, 2.75) is 10.9 Å². The van der Waals surface area contributed by atoms with Gasteiger partial charge in [-0.3, -0.25) is 9.59 Å². The first-order chi connectivity index (χ1) is 15.0. The molecule has 31 heavy (non-hydrogen) atoms. The van der Waals surface area contributed by atoms with E-state index in [2.05, 4.69) is 20.8 Å². The summed E-state index contributed by atoms with van der Waals surface area (Å²) < 4.78 is 11.1. The second kappa shape index (κ2) is 11.0. The Hall–Kier alpha value is -2.82. The lowest BCUT2D eigenvalue weighted by atomic mass is 10.2. The Morgan fingerprint density at radius 2 is 1.87 bits per heavy atom. The van der Waals surface area contributed by atoms with Crippen LogP contribution in [0.5, 0.6) is 11.5 Å². The van der Waals surface area contributed by atoms with Gasteiger partial charge < -0.3 is 20.1 Å². The molecule has 0 aliphatic carbocycles. The number of benzene rings is 2. The molecule has 0 saturated carbocycles. The zero-order valence-electron chi connectivity index (χ0n) is 16.7. The van der Waals surface area contributed by atoms with Gasteiger partial charge in [-0.25, -0.2) is 0 Å². The minimum Gasteiger partial charge on any atom is -0.493 e. The van der Waals surface area contributed by atoms with Gasteiger partial charge in [0.1, 0.15) is 0 Å². The highest BCUT2D eigenvalue weighted by Gasteiger charge is 2.15. The molecule has 0 spiro atoms. The third-order valence-corrected chi connectivity index (χ3v) is 6.30. The number of hydrogen-bond acceptors (Lipinski definition) is 8. The molecule has 2 aromatic carbocycles. The van der Waals surface area contributed by atoms with Gasteiger partial charge in [0.2, 0.25) is 10.9 Å². The molecule has 0 aliphatic rings. The summed E-state index contributed by atoms with van der Waals surface area (Å²) in [7, 11) is 3.11. The fourth-order valence-electron chi connectivity index (χ4n) is 2.54. The first kappa shape index (κ1) is 22.9. The van der Waals surface area contributed by atoms with Crippen molar-refractivity contribution in [3.8, 4) is 11.5 Å². The SMILES string of the molecule is COc1cccc(CNC(=O)CSc2nnc(C(=O)Nc3ccc(Cl)cc3)s2)c1OC. The average Bonchev–Trinajstić information content (AvgIpc) is 3.26. The summed E-state index contributed by atoms with van der Waals surface area (Å²) in [4.78, 5) is 24.5. The van der Waals surface area contributed by atoms with Crippen LogP contribution < -0.4 is 20.1 Å². The Kier molecular flexibility index (Phi) is 8.10. The van der Waals surface area contributed by atoms with Crippen molar-refractivity contribution in [3.05, 3.63) is 58.1 Å². The first-order valence-corrected chi connectivity index (χ1v) is 11.2. The van der Waals surface area contributed by atoms with Gasteiger partial charge in [-0.2, -0.15) is 0 Å². The summed E-state index contributed by atoms with van der Waals surface area (Å²) >= 11 is 8.16. The zero-order valence-corrected chi connectivity index (χ0v) is 19.1. The van der Waals surface area contributed by atoms with Crippen LogP contribution in [0.3, 0.4) is 0 Å². The van der Waals surface area contributed by atoms with E-state index in [9.17, 15) is 9.59 Å². The quantitative estimate of drug-likeness (QED) is 0.450. The van der Waals surface area contributed by atoms with Gasteiger partial charge in [0, 0.05) is 22.8 Å². The highest BCUT2D eigenvalue weighted by atomic mass is 35.5. The lowest BCUT2D eigenvalue weighted by molar-refractivity contribution is -0.118. The molecule has 3 rings (SSSR count). The number of rotatable bonds is 9. The summed E-state index contributed by atoms with van der Waals surface area (Å²) in [6.45, 7) is 0.296. The minimum absolute atomic E-state index is 0.139. The molecule has 2 N–H and O–H groups in total. The molecule has 0 aliphatic heterocycles. The fraction of sp³-hybridized carbons (Fsp3) is 0.200.